The molecule has 0 radical (unpaired) electrons. The highest BCUT2D eigenvalue weighted by atomic mass is 16.2. The van der Waals surface area contributed by atoms with Gasteiger partial charge in [-0.25, -0.2) is 0 Å². The minimum atomic E-state index is -0.931. The van der Waals surface area contributed by atoms with E-state index in [0.29, 0.717) is 5.69 Å². The Morgan fingerprint density at radius 1 is 1.04 bits per heavy atom. The molecule has 136 valence electrons. The maximum Gasteiger partial charge on any atom is 0.264 e. The summed E-state index contributed by atoms with van der Waals surface area (Å²) in [6, 6.07) is 3.99. The number of carbonyl (C=O) groups is 4. The molecule has 25 heavy (non-hydrogen) atoms. The number of benzene rings is 1. The third-order valence-electron chi connectivity index (χ3n) is 3.74. The first kappa shape index (κ1) is 20.3. The molecule has 2 aliphatic heterocycles. The molecular weight excluding hydrogens is 322 g/mol. The molecule has 4 amide bonds. The summed E-state index contributed by atoms with van der Waals surface area (Å²) in [5, 5.41) is 5.03. The molecule has 1 saturated heterocycles. The van der Waals surface area contributed by atoms with Crippen LogP contribution in [0.25, 0.3) is 0 Å². The van der Waals surface area contributed by atoms with Gasteiger partial charge in [0.2, 0.25) is 11.8 Å². The molecule has 1 unspecified atom stereocenters. The van der Waals surface area contributed by atoms with Gasteiger partial charge >= 0.3 is 0 Å². The van der Waals surface area contributed by atoms with Gasteiger partial charge in [0.1, 0.15) is 6.04 Å². The number of hydrogen-bond donors (Lipinski definition) is 2. The van der Waals surface area contributed by atoms with Crippen molar-refractivity contribution >= 4 is 29.3 Å². The highest BCUT2D eigenvalue weighted by molar-refractivity contribution is 6.25. The molecule has 0 aliphatic carbocycles. The van der Waals surface area contributed by atoms with E-state index in [1.165, 1.54) is 0 Å². The predicted octanol–water partition coefficient (Wildman–Crippen LogP) is 2.18. The van der Waals surface area contributed by atoms with Gasteiger partial charge in [-0.2, -0.15) is 0 Å². The minimum Gasteiger partial charge on any atom is -0.387 e. The van der Waals surface area contributed by atoms with Gasteiger partial charge in [0.05, 0.1) is 11.1 Å². The van der Waals surface area contributed by atoms with E-state index in [2.05, 4.69) is 10.6 Å². The monoisotopic (exact) mass is 347 g/mol. The van der Waals surface area contributed by atoms with Crippen molar-refractivity contribution in [2.45, 2.75) is 46.6 Å². The Morgan fingerprint density at radius 2 is 1.68 bits per heavy atom. The lowest BCUT2D eigenvalue weighted by Crippen LogP contribution is -2.54. The fourth-order valence-electron chi connectivity index (χ4n) is 2.72. The first-order valence-corrected chi connectivity index (χ1v) is 8.57. The van der Waals surface area contributed by atoms with E-state index >= 15 is 0 Å². The number of hydrogen-bond acceptors (Lipinski definition) is 5. The van der Waals surface area contributed by atoms with Crippen molar-refractivity contribution in [3.8, 4) is 0 Å². The van der Waals surface area contributed by atoms with E-state index in [-0.39, 0.29) is 29.9 Å². The van der Waals surface area contributed by atoms with Gasteiger partial charge in [-0.15, -0.1) is 0 Å². The Bertz CT molecular complexity index is 685. The van der Waals surface area contributed by atoms with E-state index in [1.807, 2.05) is 27.7 Å². The molecule has 0 aromatic heterocycles. The lowest BCUT2D eigenvalue weighted by Gasteiger charge is -2.27. The Labute approximate surface area is 147 Å². The van der Waals surface area contributed by atoms with Crippen LogP contribution in [0.5, 0.6) is 0 Å². The van der Waals surface area contributed by atoms with E-state index in [1.54, 1.807) is 25.2 Å². The maximum atomic E-state index is 12.5. The first-order chi connectivity index (χ1) is 12.0. The SMILES string of the molecule is CC.CC.CNc1cccc2c1C(=O)N(C1CCC(=O)NC1=O)C2=O. The summed E-state index contributed by atoms with van der Waals surface area (Å²) >= 11 is 0. The third-order valence-corrected chi connectivity index (χ3v) is 3.74. The van der Waals surface area contributed by atoms with Crippen LogP contribution in [0.2, 0.25) is 0 Å². The molecule has 0 saturated carbocycles. The molecule has 2 heterocycles. The highest BCUT2D eigenvalue weighted by Gasteiger charge is 2.45. The summed E-state index contributed by atoms with van der Waals surface area (Å²) in [6.45, 7) is 8.00. The first-order valence-electron chi connectivity index (χ1n) is 8.57. The molecule has 1 aromatic rings. The number of nitrogens with one attached hydrogen (secondary N) is 2. The number of anilines is 1. The number of fused-ring (bicyclic) bond motifs is 1. The Morgan fingerprint density at radius 3 is 2.24 bits per heavy atom. The zero-order valence-corrected chi connectivity index (χ0v) is 15.3. The quantitative estimate of drug-likeness (QED) is 0.800. The lowest BCUT2D eigenvalue weighted by molar-refractivity contribution is -0.136. The molecule has 2 N–H and O–H groups in total. The van der Waals surface area contributed by atoms with Crippen molar-refractivity contribution in [3.05, 3.63) is 29.3 Å². The Kier molecular flexibility index (Phi) is 7.29. The Balaban J connectivity index is 0.000000730. The smallest absolute Gasteiger partial charge is 0.264 e. The number of nitrogens with zero attached hydrogens (tertiary/aromatic N) is 1. The van der Waals surface area contributed by atoms with Crippen molar-refractivity contribution in [2.24, 2.45) is 0 Å². The standard InChI is InChI=1S/C14H13N3O4.2C2H6/c1-15-8-4-2-3-7-11(8)14(21)17(13(7)20)9-5-6-10(18)16-12(9)19;2*1-2/h2-4,9,15H,5-6H2,1H3,(H,16,18,19);2*1-2H3. The number of amides is 4. The third kappa shape index (κ3) is 3.70. The van der Waals surface area contributed by atoms with Crippen LogP contribution in [0.4, 0.5) is 5.69 Å². The van der Waals surface area contributed by atoms with Gasteiger partial charge in [0.25, 0.3) is 11.8 Å². The zero-order chi connectivity index (χ0) is 19.1. The van der Waals surface area contributed by atoms with Crippen LogP contribution in [-0.4, -0.2) is 41.6 Å². The number of rotatable bonds is 2. The molecule has 3 rings (SSSR count). The normalized spacial score (nSPS) is 18.4. The van der Waals surface area contributed by atoms with Gasteiger partial charge < -0.3 is 5.32 Å². The summed E-state index contributed by atoms with van der Waals surface area (Å²) in [5.74, 6) is -1.99. The molecule has 1 atom stereocenters. The summed E-state index contributed by atoms with van der Waals surface area (Å²) in [4.78, 5) is 49.0. The number of imide groups is 2. The van der Waals surface area contributed by atoms with Crippen LogP contribution in [0, 0.1) is 0 Å². The second-order valence-electron chi connectivity index (χ2n) is 4.93. The molecule has 1 fully saturated rings. The highest BCUT2D eigenvalue weighted by Crippen LogP contribution is 2.31. The average molecular weight is 347 g/mol. The zero-order valence-electron chi connectivity index (χ0n) is 15.3. The van der Waals surface area contributed by atoms with Crippen molar-refractivity contribution in [1.82, 2.24) is 10.2 Å². The number of piperidine rings is 1. The topological polar surface area (TPSA) is 95.6 Å². The van der Waals surface area contributed by atoms with E-state index < -0.39 is 23.8 Å². The van der Waals surface area contributed by atoms with Gasteiger partial charge in [-0.05, 0) is 18.6 Å². The van der Waals surface area contributed by atoms with Crippen molar-refractivity contribution in [1.29, 1.82) is 0 Å². The molecule has 1 aromatic carbocycles. The second-order valence-corrected chi connectivity index (χ2v) is 4.93. The van der Waals surface area contributed by atoms with Gasteiger partial charge in [0, 0.05) is 19.2 Å². The summed E-state index contributed by atoms with van der Waals surface area (Å²) in [5.41, 5.74) is 1.09. The fourth-order valence-corrected chi connectivity index (χ4v) is 2.72. The van der Waals surface area contributed by atoms with Crippen LogP contribution >= 0.6 is 0 Å². The fraction of sp³-hybridized carbons (Fsp3) is 0.444. The largest absolute Gasteiger partial charge is 0.387 e. The van der Waals surface area contributed by atoms with Crippen LogP contribution in [0.15, 0.2) is 18.2 Å². The molecule has 0 bridgehead atoms. The summed E-state index contributed by atoms with van der Waals surface area (Å²) in [6.07, 6.45) is 0.272. The lowest BCUT2D eigenvalue weighted by atomic mass is 10.0. The summed E-state index contributed by atoms with van der Waals surface area (Å²) in [7, 11) is 1.65. The second kappa shape index (κ2) is 8.96. The average Bonchev–Trinajstić information content (AvgIpc) is 2.90. The molecule has 7 nitrogen and oxygen atoms in total. The van der Waals surface area contributed by atoms with E-state index in [9.17, 15) is 19.2 Å². The van der Waals surface area contributed by atoms with Crippen LogP contribution in [0.3, 0.4) is 0 Å². The minimum absolute atomic E-state index is 0.114. The van der Waals surface area contributed by atoms with Crippen molar-refractivity contribution in [3.63, 3.8) is 0 Å². The summed E-state index contributed by atoms with van der Waals surface area (Å²) < 4.78 is 0. The maximum absolute atomic E-state index is 12.5. The van der Waals surface area contributed by atoms with Gasteiger partial charge in [-0.1, -0.05) is 33.8 Å². The van der Waals surface area contributed by atoms with Crippen LogP contribution in [0.1, 0.15) is 61.3 Å². The molecule has 0 spiro atoms. The number of carbonyl (C=O) groups excluding carboxylic acids is 4. The molecule has 2 aliphatic rings. The molecular formula is C18H25N3O4. The van der Waals surface area contributed by atoms with E-state index in [4.69, 9.17) is 0 Å². The van der Waals surface area contributed by atoms with Crippen molar-refractivity contribution in [2.75, 3.05) is 12.4 Å². The van der Waals surface area contributed by atoms with Crippen LogP contribution < -0.4 is 10.6 Å². The van der Waals surface area contributed by atoms with Crippen molar-refractivity contribution < 1.29 is 19.2 Å². The predicted molar refractivity (Wildman–Crippen MR) is 95.4 cm³/mol. The Hall–Kier alpha value is -2.70. The van der Waals surface area contributed by atoms with Gasteiger partial charge in [0.15, 0.2) is 0 Å². The molecule has 7 heteroatoms. The van der Waals surface area contributed by atoms with E-state index in [0.717, 1.165) is 4.90 Å². The van der Waals surface area contributed by atoms with Gasteiger partial charge in [-0.3, -0.25) is 29.4 Å². The van der Waals surface area contributed by atoms with Crippen LogP contribution in [-0.2, 0) is 9.59 Å².